The third-order valence-electron chi connectivity index (χ3n) is 3.44. The van der Waals surface area contributed by atoms with Crippen LogP contribution in [0.2, 0.25) is 0 Å². The van der Waals surface area contributed by atoms with Crippen LogP contribution in [0.4, 0.5) is 0 Å². The Morgan fingerprint density at radius 3 is 2.94 bits per heavy atom. The number of hydrogen-bond donors (Lipinski definition) is 1. The predicted molar refractivity (Wildman–Crippen MR) is 74.8 cm³/mol. The third-order valence-corrected chi connectivity index (χ3v) is 4.17. The fourth-order valence-electron chi connectivity index (χ4n) is 2.48. The summed E-state index contributed by atoms with van der Waals surface area (Å²) in [6.07, 6.45) is 2.57. The summed E-state index contributed by atoms with van der Waals surface area (Å²) in [5, 5.41) is 8.93. The first-order valence-corrected chi connectivity index (χ1v) is 7.09. The Hall–Kier alpha value is -0.870. The molecule has 0 bridgehead atoms. The molecular weight excluding hydrogens is 294 g/mol. The molecule has 1 fully saturated rings. The average molecular weight is 312 g/mol. The fourth-order valence-corrected chi connectivity index (χ4v) is 2.98. The molecule has 0 amide bonds. The number of likely N-dealkylation sites (tertiary alicyclic amines) is 1. The van der Waals surface area contributed by atoms with Gasteiger partial charge in [-0.1, -0.05) is 28.9 Å². The maximum Gasteiger partial charge on any atom is 0.335 e. The maximum atomic E-state index is 10.9. The number of hydrogen-bond acceptors (Lipinski definition) is 2. The fraction of sp³-hybridized carbons (Fsp3) is 0.500. The zero-order valence-electron chi connectivity index (χ0n) is 10.5. The highest BCUT2D eigenvalue weighted by atomic mass is 79.9. The molecule has 1 aromatic carbocycles. The number of rotatable bonds is 3. The van der Waals surface area contributed by atoms with Crippen LogP contribution >= 0.6 is 15.9 Å². The second kappa shape index (κ2) is 5.85. The monoisotopic (exact) mass is 311 g/mol. The molecule has 18 heavy (non-hydrogen) atoms. The largest absolute Gasteiger partial charge is 0.478 e. The molecule has 0 spiro atoms. The van der Waals surface area contributed by atoms with E-state index in [-0.39, 0.29) is 0 Å². The van der Waals surface area contributed by atoms with E-state index < -0.39 is 5.97 Å². The molecule has 1 atom stereocenters. The van der Waals surface area contributed by atoms with Gasteiger partial charge in [-0.05, 0) is 43.0 Å². The predicted octanol–water partition coefficient (Wildman–Crippen LogP) is 3.38. The number of piperidine rings is 1. The second-order valence-electron chi connectivity index (χ2n) is 5.09. The van der Waals surface area contributed by atoms with E-state index in [0.29, 0.717) is 5.56 Å². The smallest absolute Gasteiger partial charge is 0.335 e. The molecule has 0 unspecified atom stereocenters. The van der Waals surface area contributed by atoms with Gasteiger partial charge in [-0.3, -0.25) is 4.90 Å². The van der Waals surface area contributed by atoms with Crippen molar-refractivity contribution in [3.8, 4) is 0 Å². The van der Waals surface area contributed by atoms with E-state index >= 15 is 0 Å². The molecule has 0 aromatic heterocycles. The van der Waals surface area contributed by atoms with Crippen LogP contribution in [0.1, 0.15) is 35.7 Å². The molecule has 98 valence electrons. The van der Waals surface area contributed by atoms with Crippen molar-refractivity contribution in [1.29, 1.82) is 0 Å². The first kappa shape index (κ1) is 13.6. The van der Waals surface area contributed by atoms with E-state index in [2.05, 4.69) is 27.8 Å². The van der Waals surface area contributed by atoms with Gasteiger partial charge >= 0.3 is 5.97 Å². The highest BCUT2D eigenvalue weighted by Crippen LogP contribution is 2.23. The number of carbonyl (C=O) groups is 1. The van der Waals surface area contributed by atoms with Crippen molar-refractivity contribution < 1.29 is 9.90 Å². The minimum absolute atomic E-state index is 0.331. The Morgan fingerprint density at radius 1 is 1.56 bits per heavy atom. The molecule has 1 aliphatic rings. The molecule has 4 heteroatoms. The molecule has 0 aliphatic carbocycles. The van der Waals surface area contributed by atoms with E-state index in [1.807, 2.05) is 6.07 Å². The lowest BCUT2D eigenvalue weighted by atomic mass is 9.99. The van der Waals surface area contributed by atoms with Crippen molar-refractivity contribution in [2.45, 2.75) is 26.3 Å². The summed E-state index contributed by atoms with van der Waals surface area (Å²) < 4.78 is 0.889. The normalized spacial score (nSPS) is 20.9. The average Bonchev–Trinajstić information content (AvgIpc) is 2.31. The summed E-state index contributed by atoms with van der Waals surface area (Å²) in [4.78, 5) is 13.3. The number of carboxylic acid groups (broad SMARTS) is 1. The Kier molecular flexibility index (Phi) is 4.40. The van der Waals surface area contributed by atoms with E-state index in [9.17, 15) is 4.79 Å². The van der Waals surface area contributed by atoms with Crippen molar-refractivity contribution in [2.75, 3.05) is 13.1 Å². The standard InChI is InChI=1S/C14H18BrNO2/c1-10-3-2-6-16(8-10)9-12-5-4-11(14(17)18)7-13(12)15/h4-5,7,10H,2-3,6,8-9H2,1H3,(H,17,18)/t10-/m0/s1. The van der Waals surface area contributed by atoms with E-state index in [1.165, 1.54) is 12.8 Å². The minimum atomic E-state index is -0.881. The van der Waals surface area contributed by atoms with Gasteiger partial charge in [0.05, 0.1) is 5.56 Å². The van der Waals surface area contributed by atoms with Crippen LogP contribution in [-0.2, 0) is 6.54 Å². The Morgan fingerprint density at radius 2 is 2.33 bits per heavy atom. The molecule has 3 nitrogen and oxygen atoms in total. The first-order chi connectivity index (χ1) is 8.56. The van der Waals surface area contributed by atoms with Crippen LogP contribution in [0.5, 0.6) is 0 Å². The molecule has 0 radical (unpaired) electrons. The number of carboxylic acids is 1. The van der Waals surface area contributed by atoms with E-state index in [4.69, 9.17) is 5.11 Å². The van der Waals surface area contributed by atoms with Gasteiger partial charge < -0.3 is 5.11 Å². The Bertz CT molecular complexity index is 447. The number of halogens is 1. The van der Waals surface area contributed by atoms with Crippen LogP contribution in [0, 0.1) is 5.92 Å². The van der Waals surface area contributed by atoms with Crippen molar-refractivity contribution in [2.24, 2.45) is 5.92 Å². The minimum Gasteiger partial charge on any atom is -0.478 e. The SMILES string of the molecule is C[C@H]1CCCN(Cc2ccc(C(=O)O)cc2Br)C1. The molecule has 1 saturated heterocycles. The summed E-state index contributed by atoms with van der Waals surface area (Å²) in [7, 11) is 0. The lowest BCUT2D eigenvalue weighted by Crippen LogP contribution is -2.33. The summed E-state index contributed by atoms with van der Waals surface area (Å²) >= 11 is 3.47. The van der Waals surface area contributed by atoms with E-state index in [1.54, 1.807) is 12.1 Å². The van der Waals surface area contributed by atoms with Crippen LogP contribution < -0.4 is 0 Å². The zero-order valence-corrected chi connectivity index (χ0v) is 12.1. The molecule has 1 heterocycles. The van der Waals surface area contributed by atoms with Crippen LogP contribution in [0.3, 0.4) is 0 Å². The van der Waals surface area contributed by atoms with Crippen molar-refractivity contribution in [3.63, 3.8) is 0 Å². The Balaban J connectivity index is 2.07. The van der Waals surface area contributed by atoms with Gasteiger partial charge in [-0.2, -0.15) is 0 Å². The van der Waals surface area contributed by atoms with Crippen LogP contribution in [0.25, 0.3) is 0 Å². The topological polar surface area (TPSA) is 40.5 Å². The highest BCUT2D eigenvalue weighted by Gasteiger charge is 2.17. The van der Waals surface area contributed by atoms with Gasteiger partial charge in [0.25, 0.3) is 0 Å². The van der Waals surface area contributed by atoms with Gasteiger partial charge in [0.2, 0.25) is 0 Å². The molecule has 1 aromatic rings. The van der Waals surface area contributed by atoms with Gasteiger partial charge in [-0.15, -0.1) is 0 Å². The van der Waals surface area contributed by atoms with Crippen LogP contribution in [0.15, 0.2) is 22.7 Å². The molecule has 1 N–H and O–H groups in total. The summed E-state index contributed by atoms with van der Waals surface area (Å²) in [5.41, 5.74) is 1.49. The van der Waals surface area contributed by atoms with Crippen molar-refractivity contribution in [3.05, 3.63) is 33.8 Å². The molecule has 0 saturated carbocycles. The van der Waals surface area contributed by atoms with Crippen LogP contribution in [-0.4, -0.2) is 29.1 Å². The molecule has 1 aliphatic heterocycles. The third kappa shape index (κ3) is 3.33. The number of nitrogens with zero attached hydrogens (tertiary/aromatic N) is 1. The zero-order chi connectivity index (χ0) is 13.1. The highest BCUT2D eigenvalue weighted by molar-refractivity contribution is 9.10. The molecular formula is C14H18BrNO2. The van der Waals surface area contributed by atoms with Gasteiger partial charge in [0.1, 0.15) is 0 Å². The number of benzene rings is 1. The maximum absolute atomic E-state index is 10.9. The van der Waals surface area contributed by atoms with Gasteiger partial charge in [-0.25, -0.2) is 4.79 Å². The first-order valence-electron chi connectivity index (χ1n) is 6.30. The second-order valence-corrected chi connectivity index (χ2v) is 5.95. The quantitative estimate of drug-likeness (QED) is 0.930. The van der Waals surface area contributed by atoms with Crippen molar-refractivity contribution >= 4 is 21.9 Å². The van der Waals surface area contributed by atoms with Crippen molar-refractivity contribution in [1.82, 2.24) is 4.90 Å². The van der Waals surface area contributed by atoms with E-state index in [0.717, 1.165) is 35.6 Å². The number of aromatic carboxylic acids is 1. The summed E-state index contributed by atoms with van der Waals surface area (Å²) in [5.74, 6) is -0.121. The lowest BCUT2D eigenvalue weighted by Gasteiger charge is -2.31. The Labute approximate surface area is 116 Å². The molecule has 2 rings (SSSR count). The summed E-state index contributed by atoms with van der Waals surface area (Å²) in [6.45, 7) is 5.45. The van der Waals surface area contributed by atoms with Gasteiger partial charge in [0.15, 0.2) is 0 Å². The van der Waals surface area contributed by atoms with Gasteiger partial charge in [0, 0.05) is 17.6 Å². The summed E-state index contributed by atoms with van der Waals surface area (Å²) in [6, 6.07) is 5.27. The lowest BCUT2D eigenvalue weighted by molar-refractivity contribution is 0.0697.